The molecule has 0 aliphatic carbocycles. The molecule has 1 aromatic heterocycles. The van der Waals surface area contributed by atoms with Gasteiger partial charge in [0.15, 0.2) is 0 Å². The lowest BCUT2D eigenvalue weighted by atomic mass is 9.98. The normalized spacial score (nSPS) is 26.4. The Bertz CT molecular complexity index is 1180. The summed E-state index contributed by atoms with van der Waals surface area (Å²) in [6, 6.07) is 6.88. The predicted molar refractivity (Wildman–Crippen MR) is 110 cm³/mol. The number of benzene rings is 2. The Morgan fingerprint density at radius 1 is 1.03 bits per heavy atom. The van der Waals surface area contributed by atoms with Gasteiger partial charge in [-0.3, -0.25) is 0 Å². The molecule has 9 heteroatoms. The minimum Gasteiger partial charge on any atom is -0.497 e. The molecule has 2 aromatic carbocycles. The van der Waals surface area contributed by atoms with Crippen molar-refractivity contribution in [2.75, 3.05) is 13.7 Å². The molecule has 2 heterocycles. The maximum atomic E-state index is 12.6. The molecule has 1 aliphatic rings. The molecule has 5 atom stereocenters. The van der Waals surface area contributed by atoms with Crippen LogP contribution in [0.5, 0.6) is 11.5 Å². The molecule has 0 unspecified atom stereocenters. The lowest BCUT2D eigenvalue weighted by Gasteiger charge is -2.39. The van der Waals surface area contributed by atoms with Crippen molar-refractivity contribution in [2.24, 2.45) is 0 Å². The van der Waals surface area contributed by atoms with Gasteiger partial charge in [0.25, 0.3) is 0 Å². The van der Waals surface area contributed by atoms with E-state index in [1.54, 1.807) is 31.2 Å². The van der Waals surface area contributed by atoms with E-state index in [1.807, 2.05) is 6.92 Å². The molecule has 0 radical (unpaired) electrons. The molecule has 1 fully saturated rings. The van der Waals surface area contributed by atoms with E-state index < -0.39 is 42.9 Å². The monoisotopic (exact) mass is 432 g/mol. The van der Waals surface area contributed by atoms with Crippen molar-refractivity contribution < 1.29 is 39.1 Å². The van der Waals surface area contributed by atoms with Crippen LogP contribution in [0.2, 0.25) is 0 Å². The van der Waals surface area contributed by atoms with Crippen molar-refractivity contribution in [3.63, 3.8) is 0 Å². The first-order valence-electron chi connectivity index (χ1n) is 9.78. The Hall–Kier alpha value is -2.69. The van der Waals surface area contributed by atoms with Gasteiger partial charge < -0.3 is 39.1 Å². The molecule has 0 bridgehead atoms. The number of hydrogen-bond donors (Lipinski definition) is 4. The van der Waals surface area contributed by atoms with Crippen LogP contribution in [-0.2, 0) is 4.74 Å². The molecule has 4 N–H and O–H groups in total. The fraction of sp³-hybridized carbons (Fsp3) is 0.409. The number of aryl methyl sites for hydroxylation is 2. The Balaban J connectivity index is 1.81. The molecule has 166 valence electrons. The zero-order chi connectivity index (χ0) is 22.4. The van der Waals surface area contributed by atoms with Gasteiger partial charge in [-0.2, -0.15) is 0 Å². The van der Waals surface area contributed by atoms with E-state index in [2.05, 4.69) is 0 Å². The smallest absolute Gasteiger partial charge is 0.344 e. The van der Waals surface area contributed by atoms with Crippen LogP contribution in [0.25, 0.3) is 21.7 Å². The van der Waals surface area contributed by atoms with Gasteiger partial charge in [0, 0.05) is 16.3 Å². The summed E-state index contributed by atoms with van der Waals surface area (Å²) in [4.78, 5) is 12.6. The molecular formula is C22H24O9. The number of fused-ring (bicyclic) bond motifs is 3. The fourth-order valence-electron chi connectivity index (χ4n) is 3.92. The van der Waals surface area contributed by atoms with E-state index >= 15 is 0 Å². The summed E-state index contributed by atoms with van der Waals surface area (Å²) < 4.78 is 22.0. The number of hydrogen-bond acceptors (Lipinski definition) is 9. The molecular weight excluding hydrogens is 408 g/mol. The van der Waals surface area contributed by atoms with Crippen molar-refractivity contribution in [1.82, 2.24) is 0 Å². The lowest BCUT2D eigenvalue weighted by Crippen LogP contribution is -2.60. The average molecular weight is 432 g/mol. The zero-order valence-electron chi connectivity index (χ0n) is 17.2. The van der Waals surface area contributed by atoms with Gasteiger partial charge >= 0.3 is 5.63 Å². The average Bonchev–Trinajstić information content (AvgIpc) is 2.77. The SMILES string of the molecule is COc1ccc2c(c1)c(=O)oc1c(C)c(O[C@@H]3O[C@H](CO)[C@@H](O)[C@H](O)[C@H]3O)cc(C)c12. The zero-order valence-corrected chi connectivity index (χ0v) is 17.2. The summed E-state index contributed by atoms with van der Waals surface area (Å²) in [6.45, 7) is 2.95. The van der Waals surface area contributed by atoms with Crippen molar-refractivity contribution in [3.05, 3.63) is 45.8 Å². The number of aliphatic hydroxyl groups excluding tert-OH is 4. The largest absolute Gasteiger partial charge is 0.497 e. The number of aliphatic hydroxyl groups is 4. The summed E-state index contributed by atoms with van der Waals surface area (Å²) in [6.07, 6.45) is -7.04. The molecule has 0 spiro atoms. The second-order valence-electron chi connectivity index (χ2n) is 7.64. The maximum Gasteiger partial charge on any atom is 0.344 e. The number of ether oxygens (including phenoxy) is 3. The number of rotatable bonds is 4. The molecule has 4 rings (SSSR count). The highest BCUT2D eigenvalue weighted by Crippen LogP contribution is 2.36. The predicted octanol–water partition coefficient (Wildman–Crippen LogP) is 0.750. The van der Waals surface area contributed by atoms with Gasteiger partial charge in [0.05, 0.1) is 19.1 Å². The second kappa shape index (κ2) is 8.10. The van der Waals surface area contributed by atoms with Crippen molar-refractivity contribution in [3.8, 4) is 11.5 Å². The summed E-state index contributed by atoms with van der Waals surface area (Å²) >= 11 is 0. The molecule has 3 aromatic rings. The molecule has 31 heavy (non-hydrogen) atoms. The summed E-state index contributed by atoms with van der Waals surface area (Å²) in [7, 11) is 1.52. The molecule has 1 aliphatic heterocycles. The van der Waals surface area contributed by atoms with Crippen molar-refractivity contribution >= 4 is 21.7 Å². The fourth-order valence-corrected chi connectivity index (χ4v) is 3.92. The first kappa shape index (κ1) is 21.5. The van der Waals surface area contributed by atoms with Gasteiger partial charge in [0.1, 0.15) is 41.5 Å². The summed E-state index contributed by atoms with van der Waals surface area (Å²) in [5, 5.41) is 41.4. The van der Waals surface area contributed by atoms with Crippen LogP contribution in [-0.4, -0.2) is 64.8 Å². The Morgan fingerprint density at radius 2 is 1.77 bits per heavy atom. The Morgan fingerprint density at radius 3 is 2.45 bits per heavy atom. The van der Waals surface area contributed by atoms with Crippen LogP contribution < -0.4 is 15.1 Å². The standard InChI is InChI=1S/C22H24O9/c1-9-6-14(29-22-19(26)18(25)17(24)15(8-23)30-22)10(2)20-16(9)12-5-4-11(28-3)7-13(12)21(27)31-20/h4-7,15,17-19,22-26H,8H2,1-3H3/t15-,17-,18+,19-,22-/m1/s1. The summed E-state index contributed by atoms with van der Waals surface area (Å²) in [5.74, 6) is 0.807. The second-order valence-corrected chi connectivity index (χ2v) is 7.64. The van der Waals surface area contributed by atoms with Crippen LogP contribution in [0, 0.1) is 13.8 Å². The van der Waals surface area contributed by atoms with E-state index in [4.69, 9.17) is 18.6 Å². The molecule has 9 nitrogen and oxygen atoms in total. The van der Waals surface area contributed by atoms with Gasteiger partial charge in [-0.15, -0.1) is 0 Å². The van der Waals surface area contributed by atoms with Crippen molar-refractivity contribution in [1.29, 1.82) is 0 Å². The Labute approximate surface area is 177 Å². The highest BCUT2D eigenvalue weighted by molar-refractivity contribution is 6.07. The van der Waals surface area contributed by atoms with Crippen LogP contribution in [0.4, 0.5) is 0 Å². The maximum absolute atomic E-state index is 12.6. The third kappa shape index (κ3) is 3.54. The third-order valence-corrected chi connectivity index (χ3v) is 5.68. The Kier molecular flexibility index (Phi) is 5.63. The van der Waals surface area contributed by atoms with Gasteiger partial charge in [-0.25, -0.2) is 4.79 Å². The van der Waals surface area contributed by atoms with Crippen LogP contribution >= 0.6 is 0 Å². The van der Waals surface area contributed by atoms with Gasteiger partial charge in [-0.05, 0) is 43.7 Å². The van der Waals surface area contributed by atoms with E-state index in [-0.39, 0.29) is 5.75 Å². The molecule has 0 saturated carbocycles. The van der Waals surface area contributed by atoms with E-state index in [1.165, 1.54) is 7.11 Å². The van der Waals surface area contributed by atoms with E-state index in [0.29, 0.717) is 27.7 Å². The van der Waals surface area contributed by atoms with E-state index in [0.717, 1.165) is 10.9 Å². The van der Waals surface area contributed by atoms with Crippen LogP contribution in [0.3, 0.4) is 0 Å². The number of methoxy groups -OCH3 is 1. The van der Waals surface area contributed by atoms with E-state index in [9.17, 15) is 25.2 Å². The van der Waals surface area contributed by atoms with Crippen LogP contribution in [0.1, 0.15) is 11.1 Å². The van der Waals surface area contributed by atoms with Crippen molar-refractivity contribution in [2.45, 2.75) is 44.6 Å². The van der Waals surface area contributed by atoms with Gasteiger partial charge in [0.2, 0.25) is 6.29 Å². The topological polar surface area (TPSA) is 139 Å². The minimum atomic E-state index is -1.56. The highest BCUT2D eigenvalue weighted by atomic mass is 16.7. The lowest BCUT2D eigenvalue weighted by molar-refractivity contribution is -0.277. The van der Waals surface area contributed by atoms with Crippen LogP contribution in [0.15, 0.2) is 33.5 Å². The minimum absolute atomic E-state index is 0.269. The third-order valence-electron chi connectivity index (χ3n) is 5.68. The first-order valence-corrected chi connectivity index (χ1v) is 9.78. The first-order chi connectivity index (χ1) is 14.8. The summed E-state index contributed by atoms with van der Waals surface area (Å²) in [5.41, 5.74) is 1.03. The molecule has 1 saturated heterocycles. The quantitative estimate of drug-likeness (QED) is 0.347. The van der Waals surface area contributed by atoms with Gasteiger partial charge in [-0.1, -0.05) is 0 Å². The molecule has 0 amide bonds. The highest BCUT2D eigenvalue weighted by Gasteiger charge is 2.44.